The van der Waals surface area contributed by atoms with Gasteiger partial charge < -0.3 is 24.8 Å². The maximum atomic E-state index is 12.5. The van der Waals surface area contributed by atoms with Crippen molar-refractivity contribution in [3.8, 4) is 11.5 Å². The minimum absolute atomic E-state index is 0.193. The molecule has 0 bridgehead atoms. The Hall–Kier alpha value is -2.91. The topological polar surface area (TPSA) is 97.8 Å². The van der Waals surface area contributed by atoms with Gasteiger partial charge in [-0.05, 0) is 18.2 Å². The molecule has 2 aliphatic heterocycles. The fraction of sp³-hybridized carbons (Fsp3) is 0.389. The lowest BCUT2D eigenvalue weighted by molar-refractivity contribution is 0.0398. The summed E-state index contributed by atoms with van der Waals surface area (Å²) in [4.78, 5) is 23.2. The van der Waals surface area contributed by atoms with Crippen LogP contribution >= 0.6 is 0 Å². The summed E-state index contributed by atoms with van der Waals surface area (Å²) in [5.74, 6) is 1.40. The van der Waals surface area contributed by atoms with E-state index in [2.05, 4.69) is 25.5 Å². The van der Waals surface area contributed by atoms with E-state index in [0.717, 1.165) is 32.8 Å². The van der Waals surface area contributed by atoms with Crippen molar-refractivity contribution in [1.82, 2.24) is 14.9 Å². The second kappa shape index (κ2) is 8.19. The summed E-state index contributed by atoms with van der Waals surface area (Å²) in [5.41, 5.74) is 0.904. The first kappa shape index (κ1) is 17.5. The number of amides is 1. The molecule has 9 nitrogen and oxygen atoms in total. The molecule has 1 aromatic carbocycles. The number of benzene rings is 1. The third-order valence-corrected chi connectivity index (χ3v) is 4.33. The van der Waals surface area contributed by atoms with Crippen molar-refractivity contribution in [1.29, 1.82) is 0 Å². The van der Waals surface area contributed by atoms with Gasteiger partial charge in [-0.2, -0.15) is 0 Å². The zero-order chi connectivity index (χ0) is 18.5. The summed E-state index contributed by atoms with van der Waals surface area (Å²) in [7, 11) is 0. The Morgan fingerprint density at radius 3 is 2.89 bits per heavy atom. The van der Waals surface area contributed by atoms with E-state index in [1.807, 2.05) is 0 Å². The smallest absolute Gasteiger partial charge is 0.274 e. The first-order valence-electron chi connectivity index (χ1n) is 8.86. The van der Waals surface area contributed by atoms with Crippen LogP contribution in [-0.4, -0.2) is 67.0 Å². The van der Waals surface area contributed by atoms with Crippen molar-refractivity contribution >= 4 is 17.5 Å². The Balaban J connectivity index is 1.33. The number of carbonyl (C=O) groups excluding carboxylic acids is 1. The second-order valence-electron chi connectivity index (χ2n) is 6.17. The summed E-state index contributed by atoms with van der Waals surface area (Å²) >= 11 is 0. The highest BCUT2D eigenvalue weighted by atomic mass is 16.7. The second-order valence-corrected chi connectivity index (χ2v) is 6.17. The average Bonchev–Trinajstić information content (AvgIpc) is 3.17. The lowest BCUT2D eigenvalue weighted by Gasteiger charge is -2.26. The van der Waals surface area contributed by atoms with E-state index in [9.17, 15) is 4.79 Å². The highest BCUT2D eigenvalue weighted by Gasteiger charge is 2.15. The number of nitrogens with zero attached hydrogens (tertiary/aromatic N) is 3. The number of aromatic nitrogens is 2. The molecule has 0 radical (unpaired) electrons. The van der Waals surface area contributed by atoms with Gasteiger partial charge in [-0.25, -0.2) is 9.97 Å². The average molecular weight is 371 g/mol. The highest BCUT2D eigenvalue weighted by molar-refractivity contribution is 6.03. The molecule has 0 spiro atoms. The zero-order valence-corrected chi connectivity index (χ0v) is 14.8. The number of hydrogen-bond acceptors (Lipinski definition) is 8. The van der Waals surface area contributed by atoms with Crippen molar-refractivity contribution in [3.63, 3.8) is 0 Å². The number of anilines is 2. The summed E-state index contributed by atoms with van der Waals surface area (Å²) in [6.07, 6.45) is 1.57. The van der Waals surface area contributed by atoms with Crippen molar-refractivity contribution < 1.29 is 19.0 Å². The van der Waals surface area contributed by atoms with Gasteiger partial charge in [0.05, 0.1) is 13.2 Å². The molecule has 1 fully saturated rings. The summed E-state index contributed by atoms with van der Waals surface area (Å²) in [6, 6.07) is 6.82. The molecule has 2 aromatic rings. The van der Waals surface area contributed by atoms with Crippen LogP contribution < -0.4 is 20.1 Å². The minimum atomic E-state index is -0.313. The first-order chi connectivity index (χ1) is 13.3. The Morgan fingerprint density at radius 1 is 1.15 bits per heavy atom. The number of ether oxygens (including phenoxy) is 3. The van der Waals surface area contributed by atoms with Crippen LogP contribution in [0.1, 0.15) is 10.5 Å². The van der Waals surface area contributed by atoms with Crippen LogP contribution in [0.4, 0.5) is 11.6 Å². The molecule has 27 heavy (non-hydrogen) atoms. The standard InChI is InChI=1S/C18H21N5O4/c24-17(21-13-1-2-15-16(11-13)27-12-26-15)14-3-4-19-18(22-14)20-5-6-23-7-9-25-10-8-23/h1-4,11H,5-10,12H2,(H,21,24)(H,19,20,22). The van der Waals surface area contributed by atoms with E-state index in [0.29, 0.717) is 29.7 Å². The molecular weight excluding hydrogens is 350 g/mol. The van der Waals surface area contributed by atoms with E-state index in [4.69, 9.17) is 14.2 Å². The van der Waals surface area contributed by atoms with Crippen molar-refractivity contribution in [2.75, 3.05) is 56.8 Å². The Kier molecular flexibility index (Phi) is 5.31. The number of hydrogen-bond donors (Lipinski definition) is 2. The van der Waals surface area contributed by atoms with E-state index >= 15 is 0 Å². The van der Waals surface area contributed by atoms with Crippen LogP contribution in [0.3, 0.4) is 0 Å². The maximum Gasteiger partial charge on any atom is 0.274 e. The van der Waals surface area contributed by atoms with E-state index < -0.39 is 0 Å². The van der Waals surface area contributed by atoms with E-state index in [-0.39, 0.29) is 18.4 Å². The van der Waals surface area contributed by atoms with Crippen molar-refractivity contribution in [3.05, 3.63) is 36.2 Å². The SMILES string of the molecule is O=C(Nc1ccc2c(c1)OCO2)c1ccnc(NCCN2CCOCC2)n1. The van der Waals surface area contributed by atoms with Gasteiger partial charge in [-0.1, -0.05) is 0 Å². The van der Waals surface area contributed by atoms with Crippen LogP contribution in [0.2, 0.25) is 0 Å². The van der Waals surface area contributed by atoms with Gasteiger partial charge in [0.2, 0.25) is 12.7 Å². The van der Waals surface area contributed by atoms with Crippen molar-refractivity contribution in [2.24, 2.45) is 0 Å². The number of morpholine rings is 1. The molecule has 4 rings (SSSR count). The number of fused-ring (bicyclic) bond motifs is 1. The van der Waals surface area contributed by atoms with Gasteiger partial charge in [0.15, 0.2) is 11.5 Å². The number of nitrogens with one attached hydrogen (secondary N) is 2. The molecule has 2 N–H and O–H groups in total. The predicted molar refractivity (Wildman–Crippen MR) is 98.3 cm³/mol. The molecule has 0 unspecified atom stereocenters. The molecular formula is C18H21N5O4. The van der Waals surface area contributed by atoms with Gasteiger partial charge in [-0.3, -0.25) is 9.69 Å². The first-order valence-corrected chi connectivity index (χ1v) is 8.86. The van der Waals surface area contributed by atoms with Crippen LogP contribution in [-0.2, 0) is 4.74 Å². The summed E-state index contributed by atoms with van der Waals surface area (Å²) in [5, 5.41) is 5.97. The zero-order valence-electron chi connectivity index (χ0n) is 14.8. The van der Waals surface area contributed by atoms with Crippen LogP contribution in [0.5, 0.6) is 11.5 Å². The van der Waals surface area contributed by atoms with Crippen molar-refractivity contribution in [2.45, 2.75) is 0 Å². The monoisotopic (exact) mass is 371 g/mol. The van der Waals surface area contributed by atoms with Gasteiger partial charge >= 0.3 is 0 Å². The Labute approximate surface area is 156 Å². The molecule has 2 aliphatic rings. The third-order valence-electron chi connectivity index (χ3n) is 4.33. The minimum Gasteiger partial charge on any atom is -0.454 e. The summed E-state index contributed by atoms with van der Waals surface area (Å²) in [6.45, 7) is 5.17. The molecule has 142 valence electrons. The molecule has 0 atom stereocenters. The fourth-order valence-corrected chi connectivity index (χ4v) is 2.89. The van der Waals surface area contributed by atoms with Crippen LogP contribution in [0, 0.1) is 0 Å². The lowest BCUT2D eigenvalue weighted by Crippen LogP contribution is -2.39. The summed E-state index contributed by atoms with van der Waals surface area (Å²) < 4.78 is 15.9. The van der Waals surface area contributed by atoms with Gasteiger partial charge in [-0.15, -0.1) is 0 Å². The molecule has 1 amide bonds. The Morgan fingerprint density at radius 2 is 2.00 bits per heavy atom. The highest BCUT2D eigenvalue weighted by Crippen LogP contribution is 2.34. The van der Waals surface area contributed by atoms with E-state index in [1.54, 1.807) is 30.5 Å². The number of carbonyl (C=O) groups is 1. The predicted octanol–water partition coefficient (Wildman–Crippen LogP) is 1.20. The van der Waals surface area contributed by atoms with Gasteiger partial charge in [0, 0.05) is 44.1 Å². The molecule has 0 aliphatic carbocycles. The van der Waals surface area contributed by atoms with Crippen LogP contribution in [0.25, 0.3) is 0 Å². The molecule has 1 saturated heterocycles. The largest absolute Gasteiger partial charge is 0.454 e. The molecule has 9 heteroatoms. The van der Waals surface area contributed by atoms with Gasteiger partial charge in [0.25, 0.3) is 5.91 Å². The molecule has 1 aromatic heterocycles. The van der Waals surface area contributed by atoms with Crippen LogP contribution in [0.15, 0.2) is 30.5 Å². The molecule has 3 heterocycles. The number of rotatable bonds is 6. The quantitative estimate of drug-likeness (QED) is 0.782. The maximum absolute atomic E-state index is 12.5. The normalized spacial score (nSPS) is 16.1. The fourth-order valence-electron chi connectivity index (χ4n) is 2.89. The molecule has 0 saturated carbocycles. The van der Waals surface area contributed by atoms with Gasteiger partial charge in [0.1, 0.15) is 5.69 Å². The van der Waals surface area contributed by atoms with E-state index in [1.165, 1.54) is 0 Å². The third kappa shape index (κ3) is 4.44. The lowest BCUT2D eigenvalue weighted by atomic mass is 10.2. The Bertz CT molecular complexity index is 810.